The van der Waals surface area contributed by atoms with Gasteiger partial charge < -0.3 is 20.3 Å². The van der Waals surface area contributed by atoms with Gasteiger partial charge in [0.15, 0.2) is 12.6 Å². The highest BCUT2D eigenvalue weighted by molar-refractivity contribution is 5.95. The predicted molar refractivity (Wildman–Crippen MR) is 105 cm³/mol. The molecule has 0 saturated heterocycles. The van der Waals surface area contributed by atoms with Crippen molar-refractivity contribution in [2.45, 2.75) is 13.0 Å². The van der Waals surface area contributed by atoms with Crippen LogP contribution in [0.25, 0.3) is 0 Å². The molecule has 0 aromatic heterocycles. The Bertz CT molecular complexity index is 921. The Hall–Kier alpha value is -3.53. The maximum absolute atomic E-state index is 13.2. The summed E-state index contributed by atoms with van der Waals surface area (Å²) < 4.78 is 18.3. The van der Waals surface area contributed by atoms with Crippen LogP contribution in [0.15, 0.2) is 42.5 Å². The zero-order chi connectivity index (χ0) is 21.6. The lowest BCUT2D eigenvalue weighted by Gasteiger charge is -2.21. The van der Waals surface area contributed by atoms with Crippen molar-refractivity contribution in [3.8, 4) is 5.75 Å². The molecule has 0 fully saturated rings. The second kappa shape index (κ2) is 9.60. The molecule has 2 amide bonds. The lowest BCUT2D eigenvalue weighted by atomic mass is 10.2. The maximum Gasteiger partial charge on any atom is 0.282 e. The van der Waals surface area contributed by atoms with Crippen LogP contribution in [0, 0.1) is 15.9 Å². The third kappa shape index (κ3) is 5.98. The molecule has 0 aliphatic heterocycles. The van der Waals surface area contributed by atoms with E-state index in [9.17, 15) is 24.1 Å². The molecule has 2 rings (SSSR count). The Morgan fingerprint density at radius 2 is 1.97 bits per heavy atom. The van der Waals surface area contributed by atoms with Gasteiger partial charge in [-0.1, -0.05) is 6.07 Å². The molecule has 0 spiro atoms. The van der Waals surface area contributed by atoms with Gasteiger partial charge >= 0.3 is 0 Å². The van der Waals surface area contributed by atoms with Gasteiger partial charge in [0.05, 0.1) is 30.8 Å². The van der Waals surface area contributed by atoms with E-state index in [4.69, 9.17) is 4.74 Å². The maximum atomic E-state index is 13.2. The molecule has 0 aliphatic rings. The molecule has 0 radical (unpaired) electrons. The Balaban J connectivity index is 1.98. The van der Waals surface area contributed by atoms with Gasteiger partial charge in [0, 0.05) is 11.8 Å². The molecule has 0 saturated carbocycles. The van der Waals surface area contributed by atoms with Crippen LogP contribution in [0.4, 0.5) is 21.5 Å². The van der Waals surface area contributed by atoms with Crippen LogP contribution >= 0.6 is 0 Å². The summed E-state index contributed by atoms with van der Waals surface area (Å²) in [5.74, 6) is -1.08. The van der Waals surface area contributed by atoms with Gasteiger partial charge in [0.25, 0.3) is 17.5 Å². The quantitative estimate of drug-likeness (QED) is 0.451. The van der Waals surface area contributed by atoms with E-state index in [1.807, 2.05) is 0 Å². The average Bonchev–Trinajstić information content (AvgIpc) is 2.67. The van der Waals surface area contributed by atoms with Gasteiger partial charge in [-0.15, -0.1) is 0 Å². The van der Waals surface area contributed by atoms with Gasteiger partial charge in [0.1, 0.15) is 11.6 Å². The monoisotopic (exact) mass is 405 g/mol. The van der Waals surface area contributed by atoms with Gasteiger partial charge in [-0.2, -0.15) is 0 Å². The molecule has 0 aliphatic carbocycles. The van der Waals surface area contributed by atoms with Crippen LogP contribution in [-0.2, 0) is 9.59 Å². The molecule has 154 valence electrons. The number of hydrogen-bond acceptors (Lipinski definition) is 5. The summed E-state index contributed by atoms with van der Waals surface area (Å²) in [6.45, 7) is 1.61. The minimum atomic E-state index is -0.617. The second-order valence-corrected chi connectivity index (χ2v) is 6.43. The van der Waals surface area contributed by atoms with Crippen LogP contribution in [0.2, 0.25) is 0 Å². The SMILES string of the molecule is COc1cc([N+](=O)[O-])ccc1NC(=O)[C@H](C)[NH+](C)CC(=O)Nc1cccc(F)c1. The number of anilines is 2. The highest BCUT2D eigenvalue weighted by Crippen LogP contribution is 2.28. The summed E-state index contributed by atoms with van der Waals surface area (Å²) in [5.41, 5.74) is 0.451. The van der Waals surface area contributed by atoms with E-state index in [2.05, 4.69) is 10.6 Å². The molecule has 1 unspecified atom stereocenters. The summed E-state index contributed by atoms with van der Waals surface area (Å²) in [6, 6.07) is 8.74. The Morgan fingerprint density at radius 1 is 1.24 bits per heavy atom. The molecule has 2 aromatic carbocycles. The number of nitrogens with zero attached hydrogens (tertiary/aromatic N) is 1. The molecule has 9 nitrogen and oxygen atoms in total. The summed E-state index contributed by atoms with van der Waals surface area (Å²) in [6.07, 6.45) is 0. The normalized spacial score (nSPS) is 12.6. The summed E-state index contributed by atoms with van der Waals surface area (Å²) in [5, 5.41) is 16.1. The van der Waals surface area contributed by atoms with Crippen molar-refractivity contribution < 1.29 is 28.5 Å². The molecular weight excluding hydrogens is 383 g/mol. The number of nitro groups is 1. The lowest BCUT2D eigenvalue weighted by Crippen LogP contribution is -3.14. The smallest absolute Gasteiger partial charge is 0.282 e. The van der Waals surface area contributed by atoms with Crippen molar-refractivity contribution in [2.75, 3.05) is 31.3 Å². The third-order valence-electron chi connectivity index (χ3n) is 4.33. The van der Waals surface area contributed by atoms with Crippen molar-refractivity contribution in [2.24, 2.45) is 0 Å². The Morgan fingerprint density at radius 3 is 2.59 bits per heavy atom. The number of ether oxygens (including phenoxy) is 1. The fourth-order valence-electron chi connectivity index (χ4n) is 2.54. The lowest BCUT2D eigenvalue weighted by molar-refractivity contribution is -0.885. The highest BCUT2D eigenvalue weighted by Gasteiger charge is 2.25. The van der Waals surface area contributed by atoms with Gasteiger partial charge in [-0.25, -0.2) is 4.39 Å². The number of benzene rings is 2. The van der Waals surface area contributed by atoms with E-state index in [1.54, 1.807) is 20.0 Å². The topological polar surface area (TPSA) is 115 Å². The first kappa shape index (κ1) is 21.8. The first-order valence-corrected chi connectivity index (χ1v) is 8.72. The van der Waals surface area contributed by atoms with Crippen molar-refractivity contribution in [3.63, 3.8) is 0 Å². The van der Waals surface area contributed by atoms with Gasteiger partial charge in [-0.05, 0) is 31.2 Å². The molecule has 0 heterocycles. The van der Waals surface area contributed by atoms with Crippen molar-refractivity contribution in [3.05, 3.63) is 58.4 Å². The van der Waals surface area contributed by atoms with E-state index >= 15 is 0 Å². The van der Waals surface area contributed by atoms with Crippen LogP contribution in [-0.4, -0.2) is 43.5 Å². The zero-order valence-electron chi connectivity index (χ0n) is 16.2. The molecule has 3 N–H and O–H groups in total. The van der Waals surface area contributed by atoms with E-state index in [1.165, 1.54) is 43.5 Å². The molecule has 2 atom stereocenters. The number of non-ortho nitro benzene ring substituents is 1. The largest absolute Gasteiger partial charge is 0.494 e. The fourth-order valence-corrected chi connectivity index (χ4v) is 2.54. The van der Waals surface area contributed by atoms with E-state index in [-0.39, 0.29) is 29.6 Å². The second-order valence-electron chi connectivity index (χ2n) is 6.43. The molecule has 0 bridgehead atoms. The number of nitro benzene ring substituents is 1. The number of hydrogen-bond donors (Lipinski definition) is 3. The van der Waals surface area contributed by atoms with Gasteiger partial charge in [-0.3, -0.25) is 19.7 Å². The number of methoxy groups -OCH3 is 1. The van der Waals surface area contributed by atoms with Crippen molar-refractivity contribution in [1.29, 1.82) is 0 Å². The van der Waals surface area contributed by atoms with Crippen molar-refractivity contribution in [1.82, 2.24) is 0 Å². The summed E-state index contributed by atoms with van der Waals surface area (Å²) in [7, 11) is 3.01. The number of nitrogens with one attached hydrogen (secondary N) is 3. The summed E-state index contributed by atoms with van der Waals surface area (Å²) in [4.78, 5) is 35.6. The van der Waals surface area contributed by atoms with Gasteiger partial charge in [0.2, 0.25) is 0 Å². The number of carbonyl (C=O) groups excluding carboxylic acids is 2. The van der Waals surface area contributed by atoms with Crippen LogP contribution in [0.1, 0.15) is 6.92 Å². The number of likely N-dealkylation sites (N-methyl/N-ethyl adjacent to an activating group) is 1. The number of carbonyl (C=O) groups is 2. The number of halogens is 1. The van der Waals surface area contributed by atoms with Crippen LogP contribution in [0.5, 0.6) is 5.75 Å². The zero-order valence-corrected chi connectivity index (χ0v) is 16.2. The van der Waals surface area contributed by atoms with Crippen LogP contribution in [0.3, 0.4) is 0 Å². The van der Waals surface area contributed by atoms with E-state index in [0.717, 1.165) is 0 Å². The third-order valence-corrected chi connectivity index (χ3v) is 4.33. The number of rotatable bonds is 8. The molecule has 29 heavy (non-hydrogen) atoms. The minimum Gasteiger partial charge on any atom is -0.494 e. The Labute approximate surface area is 166 Å². The standard InChI is InChI=1S/C19H21FN4O5/c1-12(23(2)11-18(25)21-14-6-4-5-13(20)9-14)19(26)22-16-8-7-15(24(27)28)10-17(16)29-3/h4-10,12H,11H2,1-3H3,(H,21,25)(H,22,26)/p+1/t12-/m0/s1. The molecule has 2 aromatic rings. The van der Waals surface area contributed by atoms with E-state index < -0.39 is 22.7 Å². The highest BCUT2D eigenvalue weighted by atomic mass is 19.1. The predicted octanol–water partition coefficient (Wildman–Crippen LogP) is 1.22. The first-order valence-electron chi connectivity index (χ1n) is 8.72. The molecule has 10 heteroatoms. The Kier molecular flexibility index (Phi) is 7.21. The van der Waals surface area contributed by atoms with Crippen LogP contribution < -0.4 is 20.3 Å². The van der Waals surface area contributed by atoms with E-state index in [0.29, 0.717) is 10.6 Å². The van der Waals surface area contributed by atoms with Crippen molar-refractivity contribution >= 4 is 28.9 Å². The number of quaternary nitrogens is 1. The first-order chi connectivity index (χ1) is 13.7. The molecular formula is C19H22FN4O5+. The number of amides is 2. The summed E-state index contributed by atoms with van der Waals surface area (Å²) >= 11 is 0. The fraction of sp³-hybridized carbons (Fsp3) is 0.263. The minimum absolute atomic E-state index is 0.0253. The average molecular weight is 405 g/mol.